The minimum absolute atomic E-state index is 0.286. The molecule has 1 unspecified atom stereocenters. The molecular formula is C19H22N2O. The summed E-state index contributed by atoms with van der Waals surface area (Å²) in [6.45, 7) is 4.73. The van der Waals surface area contributed by atoms with Crippen molar-refractivity contribution in [3.8, 4) is 0 Å². The predicted octanol–water partition coefficient (Wildman–Crippen LogP) is 2.75. The third kappa shape index (κ3) is 1.14. The maximum absolute atomic E-state index is 6.07. The van der Waals surface area contributed by atoms with E-state index < -0.39 is 0 Å². The Morgan fingerprint density at radius 3 is 3.18 bits per heavy atom. The van der Waals surface area contributed by atoms with Gasteiger partial charge < -0.3 is 10.1 Å². The molecule has 3 fully saturated rings. The van der Waals surface area contributed by atoms with Gasteiger partial charge in [-0.2, -0.15) is 0 Å². The van der Waals surface area contributed by atoms with Crippen LogP contribution in [0, 0.1) is 11.8 Å². The van der Waals surface area contributed by atoms with Crippen LogP contribution in [-0.4, -0.2) is 36.2 Å². The van der Waals surface area contributed by atoms with Crippen LogP contribution < -0.4 is 5.32 Å². The van der Waals surface area contributed by atoms with Gasteiger partial charge in [-0.1, -0.05) is 18.2 Å². The Labute approximate surface area is 131 Å². The molecule has 6 rings (SSSR count). The number of hydrogen-bond acceptors (Lipinski definition) is 3. The topological polar surface area (TPSA) is 24.5 Å². The number of fused-ring (bicyclic) bond motifs is 2. The van der Waals surface area contributed by atoms with Gasteiger partial charge in [0.1, 0.15) is 0 Å². The molecule has 5 aliphatic rings. The first kappa shape index (κ1) is 12.0. The fourth-order valence-corrected chi connectivity index (χ4v) is 6.37. The van der Waals surface area contributed by atoms with E-state index >= 15 is 0 Å². The van der Waals surface area contributed by atoms with Gasteiger partial charge in [-0.25, -0.2) is 0 Å². The van der Waals surface area contributed by atoms with Crippen molar-refractivity contribution in [1.29, 1.82) is 0 Å². The molecule has 2 saturated heterocycles. The molecule has 1 aromatic carbocycles. The van der Waals surface area contributed by atoms with Crippen LogP contribution in [0.1, 0.15) is 25.3 Å². The van der Waals surface area contributed by atoms with E-state index in [0.717, 1.165) is 12.0 Å². The normalized spacial score (nSPS) is 47.1. The highest BCUT2D eigenvalue weighted by Gasteiger charge is 2.65. The maximum atomic E-state index is 6.07. The fraction of sp³-hybridized carbons (Fsp3) is 0.579. The molecule has 0 radical (unpaired) electrons. The zero-order valence-electron chi connectivity index (χ0n) is 13.0. The van der Waals surface area contributed by atoms with Crippen LogP contribution in [0.15, 0.2) is 36.1 Å². The Morgan fingerprint density at radius 1 is 1.32 bits per heavy atom. The number of anilines is 1. The minimum Gasteiger partial charge on any atom is -0.498 e. The molecular weight excluding hydrogens is 272 g/mol. The van der Waals surface area contributed by atoms with Gasteiger partial charge in [0.05, 0.1) is 18.4 Å². The van der Waals surface area contributed by atoms with Crippen molar-refractivity contribution < 1.29 is 4.74 Å². The molecule has 0 aromatic heterocycles. The zero-order chi connectivity index (χ0) is 14.5. The molecule has 2 bridgehead atoms. The average Bonchev–Trinajstić information content (AvgIpc) is 3.09. The molecule has 3 heteroatoms. The second-order valence-electron chi connectivity index (χ2n) is 7.89. The van der Waals surface area contributed by atoms with Gasteiger partial charge in [-0.3, -0.25) is 4.90 Å². The third-order valence-corrected chi connectivity index (χ3v) is 7.31. The van der Waals surface area contributed by atoms with Crippen LogP contribution in [0.4, 0.5) is 5.69 Å². The molecule has 1 aromatic rings. The number of benzene rings is 1. The van der Waals surface area contributed by atoms with Crippen molar-refractivity contribution in [2.75, 3.05) is 18.4 Å². The Balaban J connectivity index is 1.61. The Kier molecular flexibility index (Phi) is 2.02. The summed E-state index contributed by atoms with van der Waals surface area (Å²) in [5.74, 6) is 1.40. The monoisotopic (exact) mass is 294 g/mol. The summed E-state index contributed by atoms with van der Waals surface area (Å²) in [6.07, 6.45) is 5.11. The predicted molar refractivity (Wildman–Crippen MR) is 85.7 cm³/mol. The summed E-state index contributed by atoms with van der Waals surface area (Å²) in [6, 6.07) is 10.2. The van der Waals surface area contributed by atoms with Gasteiger partial charge >= 0.3 is 0 Å². The molecule has 6 atom stereocenters. The van der Waals surface area contributed by atoms with E-state index in [1.165, 1.54) is 31.6 Å². The standard InChI is InChI=1S/C19H22N2O/c1-11-13-9-21-7-6-19-15-4-2-3-5-16(15)20-18(19)14(10-22-11)12(13)8-17(19)21/h2-5,10-13,17-18,20H,6-9H2,1H3/t11-,12+,13+,17+,18+,19?/m1/s1. The number of hydrogen-bond donors (Lipinski definition) is 1. The van der Waals surface area contributed by atoms with Crippen LogP contribution >= 0.6 is 0 Å². The number of ether oxygens (including phenoxy) is 1. The van der Waals surface area contributed by atoms with E-state index in [-0.39, 0.29) is 5.41 Å². The Hall–Kier alpha value is -1.48. The quantitative estimate of drug-likeness (QED) is 0.796. The highest BCUT2D eigenvalue weighted by Crippen LogP contribution is 2.62. The lowest BCUT2D eigenvalue weighted by Crippen LogP contribution is -2.63. The highest BCUT2D eigenvalue weighted by molar-refractivity contribution is 5.67. The van der Waals surface area contributed by atoms with Crippen molar-refractivity contribution in [2.24, 2.45) is 11.8 Å². The smallest absolute Gasteiger partial charge is 0.0996 e. The second kappa shape index (κ2) is 3.70. The largest absolute Gasteiger partial charge is 0.498 e. The lowest BCUT2D eigenvalue weighted by Gasteiger charge is -2.56. The van der Waals surface area contributed by atoms with Crippen LogP contribution in [0.2, 0.25) is 0 Å². The van der Waals surface area contributed by atoms with Gasteiger partial charge in [0.25, 0.3) is 0 Å². The van der Waals surface area contributed by atoms with Crippen LogP contribution in [0.25, 0.3) is 0 Å². The number of para-hydroxylation sites is 1. The van der Waals surface area contributed by atoms with Gasteiger partial charge in [0.15, 0.2) is 0 Å². The zero-order valence-corrected chi connectivity index (χ0v) is 13.0. The minimum atomic E-state index is 0.286. The van der Waals surface area contributed by atoms with Gasteiger partial charge in [-0.05, 0) is 49.4 Å². The highest BCUT2D eigenvalue weighted by atomic mass is 16.5. The Bertz CT molecular complexity index is 698. The summed E-state index contributed by atoms with van der Waals surface area (Å²) >= 11 is 0. The first-order valence-corrected chi connectivity index (χ1v) is 8.74. The molecule has 4 heterocycles. The summed E-state index contributed by atoms with van der Waals surface area (Å²) in [5, 5.41) is 3.88. The van der Waals surface area contributed by atoms with Crippen molar-refractivity contribution in [1.82, 2.24) is 4.90 Å². The van der Waals surface area contributed by atoms with Crippen molar-refractivity contribution in [3.05, 3.63) is 41.7 Å². The fourth-order valence-electron chi connectivity index (χ4n) is 6.37. The van der Waals surface area contributed by atoms with E-state index in [2.05, 4.69) is 47.7 Å². The lowest BCUT2D eigenvalue weighted by atomic mass is 9.56. The first-order chi connectivity index (χ1) is 10.8. The summed E-state index contributed by atoms with van der Waals surface area (Å²) in [4.78, 5) is 2.78. The summed E-state index contributed by atoms with van der Waals surface area (Å²) < 4.78 is 6.07. The number of piperidine rings is 1. The molecule has 1 N–H and O–H groups in total. The second-order valence-corrected chi connectivity index (χ2v) is 7.89. The van der Waals surface area contributed by atoms with Crippen LogP contribution in [0.3, 0.4) is 0 Å². The van der Waals surface area contributed by atoms with Crippen molar-refractivity contribution in [2.45, 2.75) is 43.4 Å². The lowest BCUT2D eigenvalue weighted by molar-refractivity contribution is -0.0343. The van der Waals surface area contributed by atoms with E-state index in [4.69, 9.17) is 4.74 Å². The molecule has 4 aliphatic heterocycles. The molecule has 1 aliphatic carbocycles. The van der Waals surface area contributed by atoms with Gasteiger partial charge in [0.2, 0.25) is 0 Å². The maximum Gasteiger partial charge on any atom is 0.0996 e. The van der Waals surface area contributed by atoms with Crippen molar-refractivity contribution >= 4 is 5.69 Å². The number of rotatable bonds is 0. The molecule has 1 saturated carbocycles. The number of nitrogens with one attached hydrogen (secondary N) is 1. The molecule has 0 amide bonds. The van der Waals surface area contributed by atoms with Gasteiger partial charge in [0, 0.05) is 29.6 Å². The average molecular weight is 294 g/mol. The SMILES string of the molecule is C[C@H]1OC=C2[C@H]3C[C@@H]4N(CCC45c4ccccc4N[C@@H]25)C[C@H]31. The summed E-state index contributed by atoms with van der Waals surface area (Å²) in [7, 11) is 0. The number of nitrogens with zero attached hydrogens (tertiary/aromatic N) is 1. The van der Waals surface area contributed by atoms with Crippen molar-refractivity contribution in [3.63, 3.8) is 0 Å². The van der Waals surface area contributed by atoms with E-state index in [0.29, 0.717) is 18.1 Å². The molecule has 114 valence electrons. The van der Waals surface area contributed by atoms with E-state index in [9.17, 15) is 0 Å². The summed E-state index contributed by atoms with van der Waals surface area (Å²) in [5.41, 5.74) is 4.76. The van der Waals surface area contributed by atoms with E-state index in [1.54, 1.807) is 11.1 Å². The van der Waals surface area contributed by atoms with Crippen LogP contribution in [0.5, 0.6) is 0 Å². The molecule has 3 nitrogen and oxygen atoms in total. The molecule has 22 heavy (non-hydrogen) atoms. The van der Waals surface area contributed by atoms with Crippen LogP contribution in [-0.2, 0) is 10.2 Å². The third-order valence-electron chi connectivity index (χ3n) is 7.31. The van der Waals surface area contributed by atoms with Gasteiger partial charge in [-0.15, -0.1) is 0 Å². The Morgan fingerprint density at radius 2 is 2.23 bits per heavy atom. The van der Waals surface area contributed by atoms with E-state index in [1.807, 2.05) is 0 Å². The first-order valence-electron chi connectivity index (χ1n) is 8.74. The molecule has 1 spiro atoms.